The standard InChI is InChI=1S/C17H14FN7O/c18-12-4-2-1-3-11(12)16-22-20-14-8-7-13(24-25(14)16)19-9-15-21-23-17(26-15)10-5-6-10/h1-4,7-8,10H,5-6,9H2,(H,19,24). The third kappa shape index (κ3) is 2.67. The summed E-state index contributed by atoms with van der Waals surface area (Å²) in [6.07, 6.45) is 2.22. The van der Waals surface area contributed by atoms with Crippen molar-refractivity contribution in [3.63, 3.8) is 0 Å². The van der Waals surface area contributed by atoms with Gasteiger partial charge in [0.2, 0.25) is 11.8 Å². The first-order chi connectivity index (χ1) is 12.8. The molecule has 8 nitrogen and oxygen atoms in total. The van der Waals surface area contributed by atoms with Crippen molar-refractivity contribution in [3.05, 3.63) is 54.0 Å². The molecule has 1 aliphatic rings. The summed E-state index contributed by atoms with van der Waals surface area (Å²) < 4.78 is 21.2. The molecule has 0 amide bonds. The van der Waals surface area contributed by atoms with E-state index in [9.17, 15) is 4.39 Å². The van der Waals surface area contributed by atoms with E-state index in [-0.39, 0.29) is 5.82 Å². The lowest BCUT2D eigenvalue weighted by Gasteiger charge is -2.04. The van der Waals surface area contributed by atoms with Gasteiger partial charge in [0.1, 0.15) is 11.6 Å². The van der Waals surface area contributed by atoms with E-state index >= 15 is 0 Å². The molecule has 4 aromatic rings. The lowest BCUT2D eigenvalue weighted by Crippen LogP contribution is -2.05. The highest BCUT2D eigenvalue weighted by atomic mass is 19.1. The molecule has 0 aliphatic heterocycles. The van der Waals surface area contributed by atoms with E-state index in [4.69, 9.17) is 4.42 Å². The van der Waals surface area contributed by atoms with Crippen LogP contribution in [0.2, 0.25) is 0 Å². The molecule has 3 aromatic heterocycles. The Kier molecular flexibility index (Phi) is 3.37. The lowest BCUT2D eigenvalue weighted by molar-refractivity contribution is 0.456. The van der Waals surface area contributed by atoms with Crippen LogP contribution >= 0.6 is 0 Å². The molecule has 0 unspecified atom stereocenters. The Balaban J connectivity index is 1.41. The number of aromatic nitrogens is 6. The molecule has 0 radical (unpaired) electrons. The molecule has 0 spiro atoms. The van der Waals surface area contributed by atoms with Crippen molar-refractivity contribution in [3.8, 4) is 11.4 Å². The van der Waals surface area contributed by atoms with Crippen molar-refractivity contribution >= 4 is 11.5 Å². The van der Waals surface area contributed by atoms with Gasteiger partial charge in [-0.1, -0.05) is 12.1 Å². The van der Waals surface area contributed by atoms with Gasteiger partial charge < -0.3 is 9.73 Å². The average molecular weight is 351 g/mol. The predicted molar refractivity (Wildman–Crippen MR) is 89.8 cm³/mol. The second-order valence-corrected chi connectivity index (χ2v) is 6.15. The van der Waals surface area contributed by atoms with Crippen LogP contribution in [0.3, 0.4) is 0 Å². The van der Waals surface area contributed by atoms with Crippen LogP contribution in [0.4, 0.5) is 10.2 Å². The fourth-order valence-electron chi connectivity index (χ4n) is 2.69. The molecular formula is C17H14FN7O. The maximum Gasteiger partial charge on any atom is 0.235 e. The van der Waals surface area contributed by atoms with E-state index in [0.717, 1.165) is 12.8 Å². The van der Waals surface area contributed by atoms with E-state index in [0.29, 0.717) is 47.1 Å². The molecule has 1 fully saturated rings. The number of rotatable bonds is 5. The normalized spacial score (nSPS) is 14.0. The Morgan fingerprint density at radius 3 is 2.81 bits per heavy atom. The van der Waals surface area contributed by atoms with Crippen molar-refractivity contribution in [2.75, 3.05) is 5.32 Å². The Hall–Kier alpha value is -3.36. The van der Waals surface area contributed by atoms with Gasteiger partial charge in [-0.05, 0) is 37.1 Å². The lowest BCUT2D eigenvalue weighted by atomic mass is 10.2. The van der Waals surface area contributed by atoms with Crippen LogP contribution in [0.5, 0.6) is 0 Å². The molecule has 0 saturated heterocycles. The van der Waals surface area contributed by atoms with Crippen molar-refractivity contribution in [2.45, 2.75) is 25.3 Å². The Morgan fingerprint density at radius 1 is 1.08 bits per heavy atom. The number of benzene rings is 1. The summed E-state index contributed by atoms with van der Waals surface area (Å²) >= 11 is 0. The van der Waals surface area contributed by atoms with Crippen LogP contribution in [0.15, 0.2) is 40.8 Å². The fourth-order valence-corrected chi connectivity index (χ4v) is 2.69. The van der Waals surface area contributed by atoms with Gasteiger partial charge in [-0.15, -0.1) is 25.5 Å². The number of hydrogen-bond acceptors (Lipinski definition) is 7. The highest BCUT2D eigenvalue weighted by molar-refractivity contribution is 5.60. The Morgan fingerprint density at radius 2 is 1.96 bits per heavy atom. The van der Waals surface area contributed by atoms with Crippen LogP contribution in [0.25, 0.3) is 17.0 Å². The average Bonchev–Trinajstić information content (AvgIpc) is 3.26. The summed E-state index contributed by atoms with van der Waals surface area (Å²) in [6.45, 7) is 0.357. The molecule has 130 valence electrons. The second kappa shape index (κ2) is 5.87. The maximum atomic E-state index is 14.1. The molecule has 26 heavy (non-hydrogen) atoms. The quantitative estimate of drug-likeness (QED) is 0.591. The summed E-state index contributed by atoms with van der Waals surface area (Å²) in [5, 5.41) is 23.8. The van der Waals surface area contributed by atoms with Crippen LogP contribution in [0, 0.1) is 5.82 Å². The Labute approximate surface area is 147 Å². The van der Waals surface area contributed by atoms with E-state index in [1.165, 1.54) is 10.6 Å². The smallest absolute Gasteiger partial charge is 0.235 e. The molecule has 0 atom stereocenters. The first-order valence-corrected chi connectivity index (χ1v) is 8.31. The first-order valence-electron chi connectivity index (χ1n) is 8.31. The molecule has 3 heterocycles. The number of halogens is 1. The summed E-state index contributed by atoms with van der Waals surface area (Å²) in [7, 11) is 0. The molecule has 5 rings (SSSR count). The van der Waals surface area contributed by atoms with Crippen LogP contribution in [-0.2, 0) is 6.54 Å². The highest BCUT2D eigenvalue weighted by Gasteiger charge is 2.29. The van der Waals surface area contributed by atoms with Gasteiger partial charge in [0, 0.05) is 5.92 Å². The number of nitrogens with zero attached hydrogens (tertiary/aromatic N) is 6. The van der Waals surface area contributed by atoms with E-state index in [1.54, 1.807) is 30.3 Å². The van der Waals surface area contributed by atoms with Crippen molar-refractivity contribution < 1.29 is 8.81 Å². The third-order valence-electron chi connectivity index (χ3n) is 4.21. The maximum absolute atomic E-state index is 14.1. The minimum atomic E-state index is -0.375. The summed E-state index contributed by atoms with van der Waals surface area (Å²) in [6, 6.07) is 9.93. The zero-order valence-corrected chi connectivity index (χ0v) is 13.6. The molecule has 1 aromatic carbocycles. The topological polar surface area (TPSA) is 94.0 Å². The van der Waals surface area contributed by atoms with Gasteiger partial charge in [0.05, 0.1) is 12.1 Å². The van der Waals surface area contributed by atoms with E-state index in [1.807, 2.05) is 0 Å². The highest BCUT2D eigenvalue weighted by Crippen LogP contribution is 2.39. The molecule has 0 bridgehead atoms. The van der Waals surface area contributed by atoms with E-state index < -0.39 is 0 Å². The van der Waals surface area contributed by atoms with Crippen LogP contribution < -0.4 is 5.32 Å². The molecule has 1 aliphatic carbocycles. The first kappa shape index (κ1) is 14.9. The predicted octanol–water partition coefficient (Wildman–Crippen LogP) is 2.80. The second-order valence-electron chi connectivity index (χ2n) is 6.15. The summed E-state index contributed by atoms with van der Waals surface area (Å²) in [4.78, 5) is 0. The van der Waals surface area contributed by atoms with Crippen molar-refractivity contribution in [2.24, 2.45) is 0 Å². The van der Waals surface area contributed by atoms with Gasteiger partial charge in [-0.25, -0.2) is 4.39 Å². The van der Waals surface area contributed by atoms with Gasteiger partial charge in [0.25, 0.3) is 0 Å². The molecule has 1 saturated carbocycles. The Bertz CT molecular complexity index is 1090. The van der Waals surface area contributed by atoms with Gasteiger partial charge in [-0.2, -0.15) is 4.52 Å². The monoisotopic (exact) mass is 351 g/mol. The zero-order chi connectivity index (χ0) is 17.5. The SMILES string of the molecule is Fc1ccccc1-c1nnc2ccc(NCc3nnc(C4CC4)o3)nn12. The third-order valence-corrected chi connectivity index (χ3v) is 4.21. The van der Waals surface area contributed by atoms with Gasteiger partial charge in [-0.3, -0.25) is 0 Å². The fraction of sp³-hybridized carbons (Fsp3) is 0.235. The summed E-state index contributed by atoms with van der Waals surface area (Å²) in [5.74, 6) is 2.17. The number of anilines is 1. The largest absolute Gasteiger partial charge is 0.423 e. The molecule has 9 heteroatoms. The van der Waals surface area contributed by atoms with Crippen LogP contribution in [-0.4, -0.2) is 30.0 Å². The van der Waals surface area contributed by atoms with Crippen molar-refractivity contribution in [1.29, 1.82) is 0 Å². The molecular weight excluding hydrogens is 337 g/mol. The minimum absolute atomic E-state index is 0.343. The molecule has 1 N–H and O–H groups in total. The number of hydrogen-bond donors (Lipinski definition) is 1. The zero-order valence-electron chi connectivity index (χ0n) is 13.6. The number of fused-ring (bicyclic) bond motifs is 1. The van der Waals surface area contributed by atoms with Crippen LogP contribution in [0.1, 0.15) is 30.5 Å². The number of nitrogens with one attached hydrogen (secondary N) is 1. The van der Waals surface area contributed by atoms with Gasteiger partial charge >= 0.3 is 0 Å². The van der Waals surface area contributed by atoms with Gasteiger partial charge in [0.15, 0.2) is 11.5 Å². The summed E-state index contributed by atoms with van der Waals surface area (Å²) in [5.41, 5.74) is 0.873. The minimum Gasteiger partial charge on any atom is -0.423 e. The van der Waals surface area contributed by atoms with E-state index in [2.05, 4.69) is 30.8 Å². The van der Waals surface area contributed by atoms with Crippen molar-refractivity contribution in [1.82, 2.24) is 30.0 Å².